The molecule has 21 heavy (non-hydrogen) atoms. The van der Waals surface area contributed by atoms with Crippen LogP contribution in [0.3, 0.4) is 0 Å². The van der Waals surface area contributed by atoms with E-state index in [-0.39, 0.29) is 23.8 Å². The third-order valence-electron chi connectivity index (χ3n) is 4.06. The van der Waals surface area contributed by atoms with Gasteiger partial charge in [-0.1, -0.05) is 25.1 Å². The van der Waals surface area contributed by atoms with Crippen LogP contribution in [0, 0.1) is 5.82 Å². The van der Waals surface area contributed by atoms with E-state index in [2.05, 4.69) is 10.2 Å². The summed E-state index contributed by atoms with van der Waals surface area (Å²) in [6, 6.07) is 6.56. The first-order chi connectivity index (χ1) is 10.1. The number of likely N-dealkylation sites (N-methyl/N-ethyl adjacent to an activating group) is 1. The molecule has 1 fully saturated rings. The average molecular weight is 293 g/mol. The summed E-state index contributed by atoms with van der Waals surface area (Å²) in [5.74, 6) is -0.129. The third-order valence-corrected chi connectivity index (χ3v) is 4.06. The predicted molar refractivity (Wildman–Crippen MR) is 81.5 cm³/mol. The van der Waals surface area contributed by atoms with Crippen LogP contribution in [-0.4, -0.2) is 55.5 Å². The van der Waals surface area contributed by atoms with Crippen molar-refractivity contribution in [3.8, 4) is 0 Å². The van der Waals surface area contributed by atoms with E-state index < -0.39 is 0 Å². The zero-order valence-corrected chi connectivity index (χ0v) is 13.0. The van der Waals surface area contributed by atoms with Crippen LogP contribution in [0.15, 0.2) is 24.3 Å². The molecule has 1 aliphatic heterocycles. The van der Waals surface area contributed by atoms with Crippen LogP contribution in [-0.2, 0) is 4.79 Å². The highest BCUT2D eigenvalue weighted by molar-refractivity contribution is 5.81. The van der Waals surface area contributed by atoms with Gasteiger partial charge in [0.15, 0.2) is 0 Å². The molecule has 5 heteroatoms. The quantitative estimate of drug-likeness (QED) is 0.916. The Kier molecular flexibility index (Phi) is 5.31. The van der Waals surface area contributed by atoms with Crippen molar-refractivity contribution in [2.24, 2.45) is 0 Å². The molecule has 0 aliphatic carbocycles. The highest BCUT2D eigenvalue weighted by Gasteiger charge is 2.35. The predicted octanol–water partition coefficient (Wildman–Crippen LogP) is 1.64. The molecular weight excluding hydrogens is 269 g/mol. The molecule has 1 aromatic carbocycles. The van der Waals surface area contributed by atoms with Crippen LogP contribution in [0.25, 0.3) is 0 Å². The Morgan fingerprint density at radius 2 is 2.19 bits per heavy atom. The molecule has 2 atom stereocenters. The van der Waals surface area contributed by atoms with Gasteiger partial charge in [-0.3, -0.25) is 9.69 Å². The van der Waals surface area contributed by atoms with Crippen LogP contribution < -0.4 is 5.32 Å². The number of piperazine rings is 1. The molecule has 2 rings (SSSR count). The minimum absolute atomic E-state index is 0.0667. The lowest BCUT2D eigenvalue weighted by atomic mass is 9.98. The van der Waals surface area contributed by atoms with E-state index in [1.165, 1.54) is 6.07 Å². The van der Waals surface area contributed by atoms with Gasteiger partial charge < -0.3 is 10.2 Å². The van der Waals surface area contributed by atoms with Crippen molar-refractivity contribution in [1.82, 2.24) is 15.1 Å². The molecule has 1 aromatic rings. The Hall–Kier alpha value is -1.46. The van der Waals surface area contributed by atoms with Gasteiger partial charge in [0.2, 0.25) is 5.91 Å². The second-order valence-electron chi connectivity index (χ2n) is 5.64. The first-order valence-corrected chi connectivity index (χ1v) is 7.48. The van der Waals surface area contributed by atoms with Gasteiger partial charge in [-0.25, -0.2) is 4.39 Å². The maximum Gasteiger partial charge on any atom is 0.240 e. The number of nitrogens with one attached hydrogen (secondary N) is 1. The minimum atomic E-state index is -0.238. The van der Waals surface area contributed by atoms with Gasteiger partial charge in [-0.2, -0.15) is 0 Å². The van der Waals surface area contributed by atoms with E-state index in [0.29, 0.717) is 12.1 Å². The largest absolute Gasteiger partial charge is 0.347 e. The van der Waals surface area contributed by atoms with Gasteiger partial charge in [-0.05, 0) is 12.5 Å². The average Bonchev–Trinajstić information content (AvgIpc) is 2.49. The number of carbonyl (C=O) groups excluding carboxylic acids is 1. The van der Waals surface area contributed by atoms with Gasteiger partial charge in [0.1, 0.15) is 11.9 Å². The molecule has 0 radical (unpaired) electrons. The van der Waals surface area contributed by atoms with Crippen molar-refractivity contribution in [2.45, 2.75) is 25.4 Å². The van der Waals surface area contributed by atoms with Crippen LogP contribution >= 0.6 is 0 Å². The lowest BCUT2D eigenvalue weighted by molar-refractivity contribution is -0.136. The Bertz CT molecular complexity index is 492. The number of rotatable bonds is 4. The molecule has 1 heterocycles. The number of hydrogen-bond donors (Lipinski definition) is 1. The summed E-state index contributed by atoms with van der Waals surface area (Å²) >= 11 is 0. The van der Waals surface area contributed by atoms with Crippen molar-refractivity contribution < 1.29 is 9.18 Å². The van der Waals surface area contributed by atoms with E-state index in [9.17, 15) is 9.18 Å². The van der Waals surface area contributed by atoms with Crippen molar-refractivity contribution in [3.05, 3.63) is 35.6 Å². The molecule has 1 amide bonds. The van der Waals surface area contributed by atoms with Gasteiger partial charge in [-0.15, -0.1) is 0 Å². The van der Waals surface area contributed by atoms with Gasteiger partial charge in [0.25, 0.3) is 0 Å². The second-order valence-corrected chi connectivity index (χ2v) is 5.64. The number of carbonyl (C=O) groups is 1. The molecule has 1 aliphatic rings. The molecule has 1 saturated heterocycles. The first kappa shape index (κ1) is 15.9. The van der Waals surface area contributed by atoms with E-state index in [1.54, 1.807) is 25.1 Å². The number of benzene rings is 1. The molecule has 1 N–H and O–H groups in total. The highest BCUT2D eigenvalue weighted by Crippen LogP contribution is 2.29. The second kappa shape index (κ2) is 7.00. The Labute approximate surface area is 125 Å². The van der Waals surface area contributed by atoms with Crippen LogP contribution in [0.4, 0.5) is 4.39 Å². The summed E-state index contributed by atoms with van der Waals surface area (Å²) in [4.78, 5) is 16.1. The fourth-order valence-electron chi connectivity index (χ4n) is 3.00. The number of halogens is 1. The van der Waals surface area contributed by atoms with E-state index in [1.807, 2.05) is 19.1 Å². The van der Waals surface area contributed by atoms with Crippen molar-refractivity contribution in [3.63, 3.8) is 0 Å². The first-order valence-electron chi connectivity index (χ1n) is 7.48. The summed E-state index contributed by atoms with van der Waals surface area (Å²) in [6.07, 6.45) is 0.776. The van der Waals surface area contributed by atoms with Crippen LogP contribution in [0.1, 0.15) is 24.9 Å². The number of amides is 1. The number of hydrogen-bond acceptors (Lipinski definition) is 3. The Morgan fingerprint density at radius 3 is 2.81 bits per heavy atom. The normalized spacial score (nSPS) is 21.0. The highest BCUT2D eigenvalue weighted by atomic mass is 19.1. The molecule has 2 unspecified atom stereocenters. The molecule has 0 bridgehead atoms. The molecular formula is C16H24FN3O. The van der Waals surface area contributed by atoms with Crippen LogP contribution in [0.2, 0.25) is 0 Å². The fraction of sp³-hybridized carbons (Fsp3) is 0.562. The zero-order valence-electron chi connectivity index (χ0n) is 13.0. The molecule has 0 saturated carbocycles. The zero-order chi connectivity index (χ0) is 15.4. The van der Waals surface area contributed by atoms with Crippen molar-refractivity contribution in [2.75, 3.05) is 33.7 Å². The lowest BCUT2D eigenvalue weighted by Gasteiger charge is -2.41. The Balaban J connectivity index is 2.30. The van der Waals surface area contributed by atoms with E-state index in [4.69, 9.17) is 0 Å². The maximum absolute atomic E-state index is 14.1. The summed E-state index contributed by atoms with van der Waals surface area (Å²) in [5.41, 5.74) is 0.679. The van der Waals surface area contributed by atoms with Gasteiger partial charge in [0, 0.05) is 45.3 Å². The molecule has 0 spiro atoms. The monoisotopic (exact) mass is 293 g/mol. The lowest BCUT2D eigenvalue weighted by Crippen LogP contribution is -2.58. The summed E-state index contributed by atoms with van der Waals surface area (Å²) in [7, 11) is 3.53. The summed E-state index contributed by atoms with van der Waals surface area (Å²) < 4.78 is 14.1. The van der Waals surface area contributed by atoms with Crippen molar-refractivity contribution in [1.29, 1.82) is 0 Å². The summed E-state index contributed by atoms with van der Waals surface area (Å²) in [5, 5.41) is 3.26. The standard InChI is InChI=1S/C16H24FN3O/c1-4-14(12-7-5-6-8-13(12)17)20-10-9-18-11-15(20)16(21)19(2)3/h5-8,14-15,18H,4,9-11H2,1-3H3. The van der Waals surface area contributed by atoms with E-state index >= 15 is 0 Å². The van der Waals surface area contributed by atoms with Crippen molar-refractivity contribution >= 4 is 5.91 Å². The fourth-order valence-corrected chi connectivity index (χ4v) is 3.00. The maximum atomic E-state index is 14.1. The van der Waals surface area contributed by atoms with Gasteiger partial charge in [0.05, 0.1) is 0 Å². The van der Waals surface area contributed by atoms with E-state index in [0.717, 1.165) is 19.5 Å². The molecule has 116 valence electrons. The minimum Gasteiger partial charge on any atom is -0.347 e. The SMILES string of the molecule is CCC(c1ccccc1F)N1CCNCC1C(=O)N(C)C. The summed E-state index contributed by atoms with van der Waals surface area (Å²) in [6.45, 7) is 4.22. The number of nitrogens with zero attached hydrogens (tertiary/aromatic N) is 2. The Morgan fingerprint density at radius 1 is 1.48 bits per heavy atom. The third kappa shape index (κ3) is 3.41. The van der Waals surface area contributed by atoms with Gasteiger partial charge >= 0.3 is 0 Å². The molecule has 0 aromatic heterocycles. The topological polar surface area (TPSA) is 35.6 Å². The molecule has 4 nitrogen and oxygen atoms in total. The van der Waals surface area contributed by atoms with Crippen LogP contribution in [0.5, 0.6) is 0 Å². The smallest absolute Gasteiger partial charge is 0.240 e.